The summed E-state index contributed by atoms with van der Waals surface area (Å²) in [4.78, 5) is 17.1. The molecule has 252 valence electrons. The number of quaternary nitrogens is 2. The summed E-state index contributed by atoms with van der Waals surface area (Å²) in [6.07, 6.45) is 3.70. The number of nitrogens with zero attached hydrogens (tertiary/aromatic N) is 3. The van der Waals surface area contributed by atoms with Gasteiger partial charge in [-0.15, -0.1) is 0 Å². The largest absolute Gasteiger partial charge is 0.633 e. The first kappa shape index (κ1) is 36.6. The van der Waals surface area contributed by atoms with Crippen molar-refractivity contribution < 1.29 is 39.6 Å². The monoisotopic (exact) mass is 642 g/mol. The predicted octanol–water partition coefficient (Wildman–Crippen LogP) is 1.98. The summed E-state index contributed by atoms with van der Waals surface area (Å²) < 4.78 is -1.27. The zero-order chi connectivity index (χ0) is 33.4. The Bertz CT molecular complexity index is 1320. The van der Waals surface area contributed by atoms with Crippen LogP contribution in [0.25, 0.3) is 0 Å². The van der Waals surface area contributed by atoms with Gasteiger partial charge < -0.3 is 61.2 Å². The van der Waals surface area contributed by atoms with Crippen molar-refractivity contribution in [2.24, 2.45) is 4.99 Å². The molecule has 0 saturated heterocycles. The van der Waals surface area contributed by atoms with Crippen LogP contribution in [0, 0.1) is 10.4 Å². The van der Waals surface area contributed by atoms with Gasteiger partial charge in [-0.05, 0) is 54.6 Å². The van der Waals surface area contributed by atoms with Gasteiger partial charge in [0.2, 0.25) is 5.78 Å². The van der Waals surface area contributed by atoms with E-state index in [4.69, 9.17) is 20.4 Å². The highest BCUT2D eigenvalue weighted by molar-refractivity contribution is 6.22. The molecule has 0 radical (unpaired) electrons. The van der Waals surface area contributed by atoms with Crippen molar-refractivity contribution in [3.05, 3.63) is 82.6 Å². The number of hydrogen-bond acceptors (Lipinski definition) is 12. The summed E-state index contributed by atoms with van der Waals surface area (Å²) in [6.45, 7) is 0.886. The van der Waals surface area contributed by atoms with Crippen molar-refractivity contribution in [2.45, 2.75) is 12.8 Å². The molecular weight excluding hydrogens is 596 g/mol. The first-order valence-electron chi connectivity index (χ1n) is 15.4. The Morgan fingerprint density at radius 3 is 1.52 bits per heavy atom. The summed E-state index contributed by atoms with van der Waals surface area (Å²) in [6, 6.07) is 14.4. The smallest absolute Gasteiger partial charge is 0.205 e. The molecule has 0 spiro atoms. The average Bonchev–Trinajstić information content (AvgIpc) is 3.02. The van der Waals surface area contributed by atoms with Gasteiger partial charge in [0.1, 0.15) is 37.6 Å². The number of hydroxylamine groups is 6. The predicted molar refractivity (Wildman–Crippen MR) is 178 cm³/mol. The van der Waals surface area contributed by atoms with Crippen LogP contribution >= 0.6 is 0 Å². The highest BCUT2D eigenvalue weighted by Crippen LogP contribution is 2.22. The van der Waals surface area contributed by atoms with Crippen LogP contribution in [0.15, 0.2) is 77.1 Å². The van der Waals surface area contributed by atoms with E-state index in [0.29, 0.717) is 37.3 Å². The summed E-state index contributed by atoms with van der Waals surface area (Å²) in [5, 5.41) is 81.4. The number of anilines is 3. The molecule has 8 N–H and O–H groups in total. The fourth-order valence-electron chi connectivity index (χ4n) is 4.96. The number of allylic oxidation sites excluding steroid dienone is 2. The van der Waals surface area contributed by atoms with Crippen LogP contribution < -0.4 is 16.0 Å². The van der Waals surface area contributed by atoms with Crippen molar-refractivity contribution in [1.82, 2.24) is 0 Å². The standard InChI is InChI=1S/C32H46N6O8/c39-19-15-37(45,16-20-40)13-1-11-33-25-3-7-27(8-4-25)35-29-23-30(32(44)24-31(29)43)36-28-9-5-26(6-10-28)34-12-2-14-38(46,17-21-41)18-22-42/h3-10,23-24,33-35,39-42,44H,1-2,11-22H2/b36-30+. The molecule has 0 heterocycles. The average molecular weight is 643 g/mol. The lowest BCUT2D eigenvalue weighted by atomic mass is 10.1. The Hall–Kier alpha value is -3.86. The third-order valence-electron chi connectivity index (χ3n) is 7.53. The van der Waals surface area contributed by atoms with E-state index in [1.807, 2.05) is 24.3 Å². The Kier molecular flexibility index (Phi) is 14.6. The topological polar surface area (TPSA) is 213 Å². The minimum atomic E-state index is -0.636. The lowest BCUT2D eigenvalue weighted by molar-refractivity contribution is -0.881. The maximum atomic E-state index is 12.6. The third kappa shape index (κ3) is 11.8. The van der Waals surface area contributed by atoms with Gasteiger partial charge in [-0.25, -0.2) is 4.99 Å². The molecule has 46 heavy (non-hydrogen) atoms. The number of nitrogens with one attached hydrogen (secondary N) is 3. The molecule has 0 unspecified atom stereocenters. The maximum Gasteiger partial charge on any atom is 0.205 e. The van der Waals surface area contributed by atoms with E-state index in [2.05, 4.69) is 20.9 Å². The van der Waals surface area contributed by atoms with Crippen LogP contribution in [0.5, 0.6) is 0 Å². The number of ketones is 1. The van der Waals surface area contributed by atoms with Crippen molar-refractivity contribution in [3.8, 4) is 0 Å². The number of hydrogen-bond donors (Lipinski definition) is 8. The van der Waals surface area contributed by atoms with Gasteiger partial charge in [0, 0.05) is 49.1 Å². The fraction of sp³-hybridized carbons (Fsp3) is 0.438. The Labute approximate surface area is 269 Å². The van der Waals surface area contributed by atoms with Crippen LogP contribution in [-0.2, 0) is 4.79 Å². The van der Waals surface area contributed by atoms with Gasteiger partial charge in [0.15, 0.2) is 0 Å². The van der Waals surface area contributed by atoms with E-state index >= 15 is 0 Å². The molecule has 0 aliphatic heterocycles. The summed E-state index contributed by atoms with van der Waals surface area (Å²) in [7, 11) is 0. The molecule has 1 aliphatic carbocycles. The maximum absolute atomic E-state index is 12.6. The number of aliphatic hydroxyl groups excluding tert-OH is 5. The zero-order valence-corrected chi connectivity index (χ0v) is 26.0. The minimum Gasteiger partial charge on any atom is -0.633 e. The van der Waals surface area contributed by atoms with Gasteiger partial charge in [0.05, 0.1) is 50.9 Å². The Morgan fingerprint density at radius 1 is 0.630 bits per heavy atom. The zero-order valence-electron chi connectivity index (χ0n) is 26.0. The van der Waals surface area contributed by atoms with Crippen LogP contribution in [0.4, 0.5) is 22.7 Å². The SMILES string of the molecule is O=C1C=C(O)/C(=N/c2ccc(NCCC[N+]([O-])(CCO)CCO)cc2)C=C1Nc1ccc(NCCC[N+]([O-])(CCO)CCO)cc1. The molecule has 2 aromatic carbocycles. The second kappa shape index (κ2) is 18.3. The fourth-order valence-corrected chi connectivity index (χ4v) is 4.96. The first-order chi connectivity index (χ1) is 22.1. The molecular formula is C32H46N6O8. The van der Waals surface area contributed by atoms with E-state index in [1.54, 1.807) is 24.3 Å². The van der Waals surface area contributed by atoms with E-state index in [0.717, 1.165) is 17.5 Å². The van der Waals surface area contributed by atoms with Gasteiger partial charge >= 0.3 is 0 Å². The van der Waals surface area contributed by atoms with E-state index in [9.17, 15) is 20.3 Å². The van der Waals surface area contributed by atoms with Crippen molar-refractivity contribution in [3.63, 3.8) is 0 Å². The summed E-state index contributed by atoms with van der Waals surface area (Å²) >= 11 is 0. The minimum absolute atomic E-state index is 0.0462. The number of carbonyl (C=O) groups is 1. The number of carbonyl (C=O) groups excluding carboxylic acids is 1. The second-order valence-electron chi connectivity index (χ2n) is 11.1. The Morgan fingerprint density at radius 2 is 1.07 bits per heavy atom. The Balaban J connectivity index is 1.53. The molecule has 0 aromatic heterocycles. The molecule has 2 aromatic rings. The van der Waals surface area contributed by atoms with Crippen molar-refractivity contribution in [1.29, 1.82) is 0 Å². The number of benzene rings is 2. The van der Waals surface area contributed by atoms with E-state index in [1.165, 1.54) is 6.08 Å². The molecule has 14 nitrogen and oxygen atoms in total. The molecule has 0 bridgehead atoms. The van der Waals surface area contributed by atoms with Gasteiger partial charge in [-0.2, -0.15) is 0 Å². The van der Waals surface area contributed by atoms with Crippen molar-refractivity contribution >= 4 is 34.2 Å². The molecule has 3 rings (SSSR count). The van der Waals surface area contributed by atoms with Crippen LogP contribution in [-0.4, -0.2) is 125 Å². The molecule has 0 saturated carbocycles. The second-order valence-corrected chi connectivity index (χ2v) is 11.1. The van der Waals surface area contributed by atoms with Gasteiger partial charge in [-0.1, -0.05) is 0 Å². The highest BCUT2D eigenvalue weighted by atomic mass is 16.6. The molecule has 0 fully saturated rings. The number of rotatable bonds is 21. The van der Waals surface area contributed by atoms with Crippen molar-refractivity contribution in [2.75, 3.05) is 94.7 Å². The summed E-state index contributed by atoms with van der Waals surface area (Å²) in [5.41, 5.74) is 3.30. The molecule has 0 amide bonds. The van der Waals surface area contributed by atoms with Gasteiger partial charge in [0.25, 0.3) is 0 Å². The lowest BCUT2D eigenvalue weighted by Gasteiger charge is -2.42. The van der Waals surface area contributed by atoms with Gasteiger partial charge in [-0.3, -0.25) is 4.79 Å². The van der Waals surface area contributed by atoms with E-state index < -0.39 is 15.1 Å². The number of aliphatic imine (C=N–C) groups is 1. The lowest BCUT2D eigenvalue weighted by Crippen LogP contribution is -2.47. The highest BCUT2D eigenvalue weighted by Gasteiger charge is 2.19. The third-order valence-corrected chi connectivity index (χ3v) is 7.53. The molecule has 1 aliphatic rings. The van der Waals surface area contributed by atoms with Crippen LogP contribution in [0.2, 0.25) is 0 Å². The van der Waals surface area contributed by atoms with Crippen LogP contribution in [0.3, 0.4) is 0 Å². The first-order valence-corrected chi connectivity index (χ1v) is 15.4. The normalized spacial score (nSPS) is 14.7. The molecule has 0 atom stereocenters. The van der Waals surface area contributed by atoms with E-state index in [-0.39, 0.29) is 82.9 Å². The summed E-state index contributed by atoms with van der Waals surface area (Å²) in [5.74, 6) is -0.650. The quantitative estimate of drug-likeness (QED) is 0.0427. The number of aliphatic hydroxyl groups is 5. The molecule has 14 heteroatoms. The van der Waals surface area contributed by atoms with Crippen LogP contribution in [0.1, 0.15) is 12.8 Å².